The van der Waals surface area contributed by atoms with Crippen molar-refractivity contribution in [3.8, 4) is 0 Å². The van der Waals surface area contributed by atoms with Crippen molar-refractivity contribution in [3.63, 3.8) is 0 Å². The van der Waals surface area contributed by atoms with Gasteiger partial charge in [0.25, 0.3) is 0 Å². The molecule has 0 spiro atoms. The second-order valence-corrected chi connectivity index (χ2v) is 4.28. The van der Waals surface area contributed by atoms with Crippen LogP contribution < -0.4 is 11.1 Å². The molecule has 1 saturated carbocycles. The summed E-state index contributed by atoms with van der Waals surface area (Å²) in [6.45, 7) is 6.09. The summed E-state index contributed by atoms with van der Waals surface area (Å²) in [5.74, 6) is 2.16. The highest BCUT2D eigenvalue weighted by Crippen LogP contribution is 2.31. The lowest BCUT2D eigenvalue weighted by Crippen LogP contribution is -2.33. The zero-order chi connectivity index (χ0) is 9.68. The van der Waals surface area contributed by atoms with E-state index in [1.165, 1.54) is 19.3 Å². The summed E-state index contributed by atoms with van der Waals surface area (Å²) in [7, 11) is 0. The molecule has 0 radical (unpaired) electrons. The van der Waals surface area contributed by atoms with E-state index in [9.17, 15) is 0 Å². The first kappa shape index (κ1) is 10.4. The lowest BCUT2D eigenvalue weighted by Gasteiger charge is -2.05. The molecule has 3 heteroatoms. The Hall–Kier alpha value is -0.730. The summed E-state index contributed by atoms with van der Waals surface area (Å²) in [4.78, 5) is 4.22. The van der Waals surface area contributed by atoms with Gasteiger partial charge in [0.2, 0.25) is 0 Å². The Morgan fingerprint density at radius 2 is 2.23 bits per heavy atom. The number of rotatable bonds is 5. The first-order valence-corrected chi connectivity index (χ1v) is 5.22. The van der Waals surface area contributed by atoms with Crippen LogP contribution in [0.15, 0.2) is 4.99 Å². The van der Waals surface area contributed by atoms with Crippen LogP contribution >= 0.6 is 0 Å². The first-order valence-electron chi connectivity index (χ1n) is 5.22. The molecule has 3 N–H and O–H groups in total. The number of nitrogens with zero attached hydrogens (tertiary/aromatic N) is 1. The molecule has 0 aromatic rings. The van der Waals surface area contributed by atoms with E-state index >= 15 is 0 Å². The molecule has 13 heavy (non-hydrogen) atoms. The second kappa shape index (κ2) is 5.10. The third-order valence-electron chi connectivity index (χ3n) is 2.18. The molecule has 0 aliphatic heterocycles. The molecule has 0 saturated heterocycles. The van der Waals surface area contributed by atoms with E-state index in [0.29, 0.717) is 11.9 Å². The van der Waals surface area contributed by atoms with Crippen LogP contribution in [0.2, 0.25) is 0 Å². The number of hydrogen-bond donors (Lipinski definition) is 2. The minimum absolute atomic E-state index is 0.587. The topological polar surface area (TPSA) is 50.4 Å². The number of nitrogens with two attached hydrogens (primary N) is 1. The van der Waals surface area contributed by atoms with Gasteiger partial charge >= 0.3 is 0 Å². The molecule has 0 heterocycles. The van der Waals surface area contributed by atoms with Gasteiger partial charge in [-0.05, 0) is 18.3 Å². The van der Waals surface area contributed by atoms with E-state index in [0.717, 1.165) is 19.0 Å². The first-order chi connectivity index (χ1) is 6.18. The summed E-state index contributed by atoms with van der Waals surface area (Å²) >= 11 is 0. The standard InChI is InChI=1S/C10H21N3/c1-8(2)7-13-10(11)12-6-5-9-3-4-9/h8-9H,3-7H2,1-2H3,(H3,11,12,13). The monoisotopic (exact) mass is 183 g/mol. The highest BCUT2D eigenvalue weighted by atomic mass is 15.1. The zero-order valence-corrected chi connectivity index (χ0v) is 8.71. The highest BCUT2D eigenvalue weighted by molar-refractivity contribution is 5.77. The Morgan fingerprint density at radius 3 is 2.77 bits per heavy atom. The highest BCUT2D eigenvalue weighted by Gasteiger charge is 2.20. The van der Waals surface area contributed by atoms with Gasteiger partial charge in [-0.25, -0.2) is 0 Å². The lowest BCUT2D eigenvalue weighted by atomic mass is 10.2. The molecule has 0 aromatic carbocycles. The van der Waals surface area contributed by atoms with E-state index in [4.69, 9.17) is 5.73 Å². The molecule has 0 unspecified atom stereocenters. The van der Waals surface area contributed by atoms with E-state index in [1.54, 1.807) is 0 Å². The van der Waals surface area contributed by atoms with E-state index in [-0.39, 0.29) is 0 Å². The molecule has 1 aliphatic carbocycles. The van der Waals surface area contributed by atoms with Gasteiger partial charge in [-0.2, -0.15) is 0 Å². The Bertz CT molecular complexity index is 171. The molecule has 3 nitrogen and oxygen atoms in total. The molecular weight excluding hydrogens is 162 g/mol. The SMILES string of the molecule is CC(C)CN=C(N)NCCC1CC1. The van der Waals surface area contributed by atoms with Crippen LogP contribution in [0.5, 0.6) is 0 Å². The molecule has 1 fully saturated rings. The van der Waals surface area contributed by atoms with Crippen molar-refractivity contribution in [1.29, 1.82) is 0 Å². The van der Waals surface area contributed by atoms with Crippen LogP contribution in [0.25, 0.3) is 0 Å². The van der Waals surface area contributed by atoms with E-state index in [1.807, 2.05) is 0 Å². The van der Waals surface area contributed by atoms with Gasteiger partial charge in [0, 0.05) is 13.1 Å². The maximum atomic E-state index is 5.67. The van der Waals surface area contributed by atoms with Crippen LogP contribution in [-0.4, -0.2) is 19.0 Å². The third-order valence-corrected chi connectivity index (χ3v) is 2.18. The predicted molar refractivity (Wildman–Crippen MR) is 56.7 cm³/mol. The average Bonchev–Trinajstić information content (AvgIpc) is 2.84. The van der Waals surface area contributed by atoms with Crippen LogP contribution in [0, 0.1) is 11.8 Å². The van der Waals surface area contributed by atoms with E-state index in [2.05, 4.69) is 24.2 Å². The minimum Gasteiger partial charge on any atom is -0.370 e. The molecule has 0 atom stereocenters. The van der Waals surface area contributed by atoms with Crippen LogP contribution in [0.4, 0.5) is 0 Å². The zero-order valence-electron chi connectivity index (χ0n) is 8.71. The largest absolute Gasteiger partial charge is 0.370 e. The van der Waals surface area contributed by atoms with Gasteiger partial charge in [0.15, 0.2) is 5.96 Å². The van der Waals surface area contributed by atoms with Crippen molar-refractivity contribution in [3.05, 3.63) is 0 Å². The van der Waals surface area contributed by atoms with Crippen molar-refractivity contribution in [2.24, 2.45) is 22.6 Å². The Morgan fingerprint density at radius 1 is 1.54 bits per heavy atom. The van der Waals surface area contributed by atoms with Gasteiger partial charge in [0.1, 0.15) is 0 Å². The molecule has 0 aromatic heterocycles. The second-order valence-electron chi connectivity index (χ2n) is 4.28. The van der Waals surface area contributed by atoms with Crippen molar-refractivity contribution < 1.29 is 0 Å². The van der Waals surface area contributed by atoms with Gasteiger partial charge in [-0.15, -0.1) is 0 Å². The van der Waals surface area contributed by atoms with Gasteiger partial charge in [-0.1, -0.05) is 26.7 Å². The third kappa shape index (κ3) is 5.50. The fourth-order valence-electron chi connectivity index (χ4n) is 1.15. The minimum atomic E-state index is 0.587. The Kier molecular flexibility index (Phi) is 4.06. The van der Waals surface area contributed by atoms with Gasteiger partial charge in [-0.3, -0.25) is 4.99 Å². The van der Waals surface area contributed by atoms with Crippen molar-refractivity contribution in [1.82, 2.24) is 5.32 Å². The summed E-state index contributed by atoms with van der Waals surface area (Å²) in [6.07, 6.45) is 4.06. The molecule has 0 amide bonds. The lowest BCUT2D eigenvalue weighted by molar-refractivity contribution is 0.655. The van der Waals surface area contributed by atoms with Crippen LogP contribution in [-0.2, 0) is 0 Å². The van der Waals surface area contributed by atoms with Crippen molar-refractivity contribution in [2.45, 2.75) is 33.1 Å². The number of guanidine groups is 1. The van der Waals surface area contributed by atoms with E-state index < -0.39 is 0 Å². The normalized spacial score (nSPS) is 17.9. The maximum absolute atomic E-state index is 5.67. The molecule has 76 valence electrons. The van der Waals surface area contributed by atoms with Crippen molar-refractivity contribution in [2.75, 3.05) is 13.1 Å². The smallest absolute Gasteiger partial charge is 0.188 e. The summed E-state index contributed by atoms with van der Waals surface area (Å²) < 4.78 is 0. The summed E-state index contributed by atoms with van der Waals surface area (Å²) in [5, 5.41) is 3.14. The Labute approximate surface area is 80.8 Å². The predicted octanol–water partition coefficient (Wildman–Crippen LogP) is 1.35. The summed E-state index contributed by atoms with van der Waals surface area (Å²) in [5.41, 5.74) is 5.67. The number of hydrogen-bond acceptors (Lipinski definition) is 1. The maximum Gasteiger partial charge on any atom is 0.188 e. The quantitative estimate of drug-likeness (QED) is 0.499. The fraction of sp³-hybridized carbons (Fsp3) is 0.900. The van der Waals surface area contributed by atoms with Gasteiger partial charge in [0.05, 0.1) is 0 Å². The van der Waals surface area contributed by atoms with Crippen molar-refractivity contribution >= 4 is 5.96 Å². The molecular formula is C10H21N3. The van der Waals surface area contributed by atoms with Crippen LogP contribution in [0.3, 0.4) is 0 Å². The fourth-order valence-corrected chi connectivity index (χ4v) is 1.15. The number of aliphatic imine (C=N–C) groups is 1. The number of nitrogens with one attached hydrogen (secondary N) is 1. The van der Waals surface area contributed by atoms with Gasteiger partial charge < -0.3 is 11.1 Å². The van der Waals surface area contributed by atoms with Crippen LogP contribution in [0.1, 0.15) is 33.1 Å². The Balaban J connectivity index is 2.00. The average molecular weight is 183 g/mol. The molecule has 0 bridgehead atoms. The summed E-state index contributed by atoms with van der Waals surface area (Å²) in [6, 6.07) is 0. The molecule has 1 rings (SSSR count). The molecule has 1 aliphatic rings.